The summed E-state index contributed by atoms with van der Waals surface area (Å²) < 4.78 is 75.3. The van der Waals surface area contributed by atoms with E-state index in [4.69, 9.17) is 0 Å². The summed E-state index contributed by atoms with van der Waals surface area (Å²) in [5.41, 5.74) is -1.28. The molecule has 1 aromatic heterocycles. The molecule has 0 saturated heterocycles. The van der Waals surface area contributed by atoms with Crippen molar-refractivity contribution in [2.24, 2.45) is 0 Å². The van der Waals surface area contributed by atoms with Crippen LogP contribution in [0.25, 0.3) is 0 Å². The monoisotopic (exact) mass is 309 g/mol. The van der Waals surface area contributed by atoms with E-state index < -0.39 is 34.5 Å². The minimum Gasteiger partial charge on any atom is -0.387 e. The number of rotatable bonds is 2. The van der Waals surface area contributed by atoms with Gasteiger partial charge < -0.3 is 4.74 Å². The van der Waals surface area contributed by atoms with Crippen molar-refractivity contribution in [3.8, 4) is 5.88 Å². The maximum absolute atomic E-state index is 12.8. The third-order valence-electron chi connectivity index (χ3n) is 1.40. The van der Waals surface area contributed by atoms with E-state index in [0.29, 0.717) is 6.20 Å². The average Bonchev–Trinajstić information content (AvgIpc) is 2.08. The Morgan fingerprint density at radius 1 is 1.31 bits per heavy atom. The smallest absolute Gasteiger partial charge is 0.387 e. The maximum atomic E-state index is 12.8. The Labute approximate surface area is 93.4 Å². The van der Waals surface area contributed by atoms with Crippen LogP contribution in [0.4, 0.5) is 26.3 Å². The van der Waals surface area contributed by atoms with E-state index in [1.165, 1.54) is 0 Å². The molecule has 0 aliphatic rings. The topological polar surface area (TPSA) is 22.1 Å². The van der Waals surface area contributed by atoms with Crippen LogP contribution >= 0.6 is 15.9 Å². The molecule has 90 valence electrons. The van der Waals surface area contributed by atoms with E-state index in [1.807, 2.05) is 0 Å². The highest BCUT2D eigenvalue weighted by Crippen LogP contribution is 2.37. The molecule has 0 aliphatic heterocycles. The first-order chi connectivity index (χ1) is 7.22. The quantitative estimate of drug-likeness (QED) is 0.775. The SMILES string of the molecule is Fc1cnc(OC(F)(F)F)c(C(F)F)c1Br. The van der Waals surface area contributed by atoms with Crippen molar-refractivity contribution in [2.45, 2.75) is 12.8 Å². The van der Waals surface area contributed by atoms with Crippen LogP contribution in [0.5, 0.6) is 5.88 Å². The Morgan fingerprint density at radius 2 is 1.88 bits per heavy atom. The summed E-state index contributed by atoms with van der Waals surface area (Å²) in [7, 11) is 0. The second-order valence-electron chi connectivity index (χ2n) is 2.49. The van der Waals surface area contributed by atoms with Gasteiger partial charge in [0.25, 0.3) is 6.43 Å². The zero-order chi connectivity index (χ0) is 12.5. The van der Waals surface area contributed by atoms with Crippen molar-refractivity contribution in [3.63, 3.8) is 0 Å². The summed E-state index contributed by atoms with van der Waals surface area (Å²) in [5, 5.41) is 0. The molecule has 0 bridgehead atoms. The van der Waals surface area contributed by atoms with Gasteiger partial charge in [0.15, 0.2) is 5.82 Å². The third kappa shape index (κ3) is 3.00. The molecule has 0 spiro atoms. The van der Waals surface area contributed by atoms with Gasteiger partial charge in [0.2, 0.25) is 5.88 Å². The average molecular weight is 310 g/mol. The molecular formula is C7H2BrF6NO. The maximum Gasteiger partial charge on any atom is 0.574 e. The molecule has 0 aliphatic carbocycles. The molecule has 0 unspecified atom stereocenters. The third-order valence-corrected chi connectivity index (χ3v) is 2.21. The van der Waals surface area contributed by atoms with Crippen molar-refractivity contribution in [1.29, 1.82) is 0 Å². The van der Waals surface area contributed by atoms with Crippen LogP contribution in [0.2, 0.25) is 0 Å². The highest BCUT2D eigenvalue weighted by molar-refractivity contribution is 9.10. The number of pyridine rings is 1. The molecule has 1 rings (SSSR count). The van der Waals surface area contributed by atoms with Gasteiger partial charge in [-0.3, -0.25) is 0 Å². The summed E-state index contributed by atoms with van der Waals surface area (Å²) in [6.45, 7) is 0. The van der Waals surface area contributed by atoms with E-state index in [2.05, 4.69) is 25.7 Å². The van der Waals surface area contributed by atoms with Crippen LogP contribution < -0.4 is 4.74 Å². The number of hydrogen-bond acceptors (Lipinski definition) is 2. The van der Waals surface area contributed by atoms with E-state index in [0.717, 1.165) is 0 Å². The Bertz CT molecular complexity index is 393. The van der Waals surface area contributed by atoms with E-state index in [1.54, 1.807) is 0 Å². The van der Waals surface area contributed by atoms with Gasteiger partial charge in [0.1, 0.15) is 0 Å². The van der Waals surface area contributed by atoms with Crippen LogP contribution in [0.15, 0.2) is 10.7 Å². The van der Waals surface area contributed by atoms with Crippen LogP contribution in [-0.4, -0.2) is 11.3 Å². The summed E-state index contributed by atoms with van der Waals surface area (Å²) in [4.78, 5) is 2.82. The van der Waals surface area contributed by atoms with Gasteiger partial charge in [-0.05, 0) is 15.9 Å². The van der Waals surface area contributed by atoms with Crippen LogP contribution in [0.3, 0.4) is 0 Å². The van der Waals surface area contributed by atoms with Crippen LogP contribution in [-0.2, 0) is 0 Å². The van der Waals surface area contributed by atoms with Gasteiger partial charge in [-0.1, -0.05) is 0 Å². The predicted molar refractivity (Wildman–Crippen MR) is 43.5 cm³/mol. The van der Waals surface area contributed by atoms with Gasteiger partial charge in [-0.2, -0.15) is 0 Å². The highest BCUT2D eigenvalue weighted by atomic mass is 79.9. The van der Waals surface area contributed by atoms with Gasteiger partial charge in [0.05, 0.1) is 16.2 Å². The molecule has 0 N–H and O–H groups in total. The first-order valence-corrected chi connectivity index (χ1v) is 4.39. The molecule has 1 heterocycles. The number of hydrogen-bond donors (Lipinski definition) is 0. The van der Waals surface area contributed by atoms with E-state index in [-0.39, 0.29) is 0 Å². The lowest BCUT2D eigenvalue weighted by molar-refractivity contribution is -0.276. The Morgan fingerprint density at radius 3 is 2.31 bits per heavy atom. The fraction of sp³-hybridized carbons (Fsp3) is 0.286. The molecule has 0 atom stereocenters. The lowest BCUT2D eigenvalue weighted by atomic mass is 10.3. The number of aromatic nitrogens is 1. The second-order valence-corrected chi connectivity index (χ2v) is 3.28. The minimum atomic E-state index is -5.17. The van der Waals surface area contributed by atoms with Crippen LogP contribution in [0, 0.1) is 5.82 Å². The normalized spacial score (nSPS) is 12.0. The zero-order valence-corrected chi connectivity index (χ0v) is 8.74. The first-order valence-electron chi connectivity index (χ1n) is 3.60. The van der Waals surface area contributed by atoms with Crippen molar-refractivity contribution >= 4 is 15.9 Å². The molecule has 16 heavy (non-hydrogen) atoms. The van der Waals surface area contributed by atoms with E-state index in [9.17, 15) is 26.3 Å². The standard InChI is InChI=1S/C7H2BrF6NO/c8-4-2(9)1-15-6(3(4)5(10)11)16-7(12,13)14/h1,5H. The fourth-order valence-corrected chi connectivity index (χ4v) is 1.29. The summed E-state index contributed by atoms with van der Waals surface area (Å²) >= 11 is 2.40. The Hall–Kier alpha value is -0.990. The van der Waals surface area contributed by atoms with Crippen molar-refractivity contribution < 1.29 is 31.1 Å². The van der Waals surface area contributed by atoms with Crippen molar-refractivity contribution in [2.75, 3.05) is 0 Å². The zero-order valence-electron chi connectivity index (χ0n) is 7.16. The van der Waals surface area contributed by atoms with Crippen molar-refractivity contribution in [3.05, 3.63) is 22.1 Å². The molecule has 2 nitrogen and oxygen atoms in total. The van der Waals surface area contributed by atoms with Gasteiger partial charge in [0, 0.05) is 0 Å². The summed E-state index contributed by atoms with van der Waals surface area (Å²) in [6.07, 6.45) is -8.18. The molecule has 0 radical (unpaired) electrons. The van der Waals surface area contributed by atoms with Gasteiger partial charge in [-0.15, -0.1) is 13.2 Å². The number of halogens is 7. The van der Waals surface area contributed by atoms with Gasteiger partial charge >= 0.3 is 6.36 Å². The number of alkyl halides is 5. The van der Waals surface area contributed by atoms with Crippen LogP contribution in [0.1, 0.15) is 12.0 Å². The molecule has 1 aromatic rings. The second kappa shape index (κ2) is 4.48. The Balaban J connectivity index is 3.24. The molecule has 0 amide bonds. The Kier molecular flexibility index (Phi) is 3.66. The predicted octanol–water partition coefficient (Wildman–Crippen LogP) is 3.82. The lowest BCUT2D eigenvalue weighted by Crippen LogP contribution is -2.19. The fourth-order valence-electron chi connectivity index (χ4n) is 0.844. The summed E-state index contributed by atoms with van der Waals surface area (Å²) in [6, 6.07) is 0. The highest BCUT2D eigenvalue weighted by Gasteiger charge is 2.35. The first kappa shape index (κ1) is 13.1. The molecule has 9 heteroatoms. The molecule has 0 fully saturated rings. The summed E-state index contributed by atoms with van der Waals surface area (Å²) in [5.74, 6) is -2.58. The lowest BCUT2D eigenvalue weighted by Gasteiger charge is -2.12. The molecule has 0 aromatic carbocycles. The number of nitrogens with zero attached hydrogens (tertiary/aromatic N) is 1. The number of ether oxygens (including phenoxy) is 1. The molecular weight excluding hydrogens is 308 g/mol. The largest absolute Gasteiger partial charge is 0.574 e. The van der Waals surface area contributed by atoms with Gasteiger partial charge in [-0.25, -0.2) is 18.2 Å². The van der Waals surface area contributed by atoms with Crippen molar-refractivity contribution in [1.82, 2.24) is 4.98 Å². The minimum absolute atomic E-state index is 0.344. The molecule has 0 saturated carbocycles. The van der Waals surface area contributed by atoms with E-state index >= 15 is 0 Å².